The minimum Gasteiger partial charge on any atom is -0.294 e. The van der Waals surface area contributed by atoms with E-state index in [2.05, 4.69) is 15.4 Å². The Hall–Kier alpha value is -0.900. The Kier molecular flexibility index (Phi) is 4.98. The lowest BCUT2D eigenvalue weighted by Gasteiger charge is -2.17. The Labute approximate surface area is 103 Å². The van der Waals surface area contributed by atoms with Crippen LogP contribution in [-0.2, 0) is 4.79 Å². The molecule has 1 amide bonds. The van der Waals surface area contributed by atoms with Crippen LogP contribution in [0.25, 0.3) is 0 Å². The number of hydrogen-bond acceptors (Lipinski definition) is 3. The molecule has 2 aliphatic rings. The normalized spacial score (nSPS) is 23.3. The Morgan fingerprint density at radius 1 is 1.18 bits per heavy atom. The maximum atomic E-state index is 11.6. The van der Waals surface area contributed by atoms with Crippen LogP contribution in [0.5, 0.6) is 0 Å². The molecule has 4 nitrogen and oxygen atoms in total. The molecule has 0 radical (unpaired) electrons. The summed E-state index contributed by atoms with van der Waals surface area (Å²) in [5.74, 6) is 0.606. The lowest BCUT2D eigenvalue weighted by atomic mass is 9.90. The highest BCUT2D eigenvalue weighted by molar-refractivity contribution is 5.78. The van der Waals surface area contributed by atoms with Gasteiger partial charge in [0.2, 0.25) is 0 Å². The molecule has 17 heavy (non-hydrogen) atoms. The Bertz CT molecular complexity index is 266. The van der Waals surface area contributed by atoms with Crippen molar-refractivity contribution in [1.29, 1.82) is 0 Å². The predicted octanol–water partition coefficient (Wildman–Crippen LogP) is 1.76. The van der Waals surface area contributed by atoms with Crippen molar-refractivity contribution in [1.82, 2.24) is 10.3 Å². The summed E-state index contributed by atoms with van der Waals surface area (Å²) in [6.07, 6.45) is 10.8. The third kappa shape index (κ3) is 4.46. The minimum atomic E-state index is 0.0268. The average Bonchev–Trinajstić information content (AvgIpc) is 2.83. The molecule has 0 aromatic rings. The molecule has 4 heteroatoms. The molecular weight excluding hydrogens is 214 g/mol. The lowest BCUT2D eigenvalue weighted by molar-refractivity contribution is -0.122. The summed E-state index contributed by atoms with van der Waals surface area (Å²) < 4.78 is 0. The van der Waals surface area contributed by atoms with Gasteiger partial charge in [-0.1, -0.05) is 19.3 Å². The molecule has 0 bridgehead atoms. The predicted molar refractivity (Wildman–Crippen MR) is 68.9 cm³/mol. The zero-order valence-corrected chi connectivity index (χ0v) is 10.5. The van der Waals surface area contributed by atoms with Gasteiger partial charge >= 0.3 is 0 Å². The lowest BCUT2D eigenvalue weighted by Crippen LogP contribution is -2.33. The van der Waals surface area contributed by atoms with Gasteiger partial charge in [0, 0.05) is 6.21 Å². The van der Waals surface area contributed by atoms with E-state index >= 15 is 0 Å². The molecule has 0 unspecified atom stereocenters. The molecule has 0 aromatic heterocycles. The van der Waals surface area contributed by atoms with E-state index in [4.69, 9.17) is 0 Å². The van der Waals surface area contributed by atoms with Gasteiger partial charge in [-0.3, -0.25) is 9.69 Å². The monoisotopic (exact) mass is 237 g/mol. The molecular formula is C13H23N3O. The molecule has 0 spiro atoms. The van der Waals surface area contributed by atoms with Crippen LogP contribution in [0.4, 0.5) is 0 Å². The van der Waals surface area contributed by atoms with Gasteiger partial charge in [-0.15, -0.1) is 0 Å². The standard InChI is InChI=1S/C13H23N3O/c17-13(11-16-8-4-5-9-16)15-14-10-12-6-2-1-3-7-12/h10,12H,1-9,11H2,(H,15,17)/b14-10-. The van der Waals surface area contributed by atoms with Gasteiger partial charge in [-0.05, 0) is 44.7 Å². The molecule has 0 aromatic carbocycles. The number of hydrogen-bond donors (Lipinski definition) is 1. The Morgan fingerprint density at radius 3 is 2.59 bits per heavy atom. The molecule has 0 atom stereocenters. The third-order valence-electron chi connectivity index (χ3n) is 3.69. The van der Waals surface area contributed by atoms with Crippen LogP contribution in [0.3, 0.4) is 0 Å². The number of likely N-dealkylation sites (tertiary alicyclic amines) is 1. The summed E-state index contributed by atoms with van der Waals surface area (Å²) in [6.45, 7) is 2.61. The van der Waals surface area contributed by atoms with Crippen molar-refractivity contribution in [2.45, 2.75) is 44.9 Å². The van der Waals surface area contributed by atoms with Gasteiger partial charge in [0.15, 0.2) is 0 Å². The van der Waals surface area contributed by atoms with Crippen LogP contribution in [0.2, 0.25) is 0 Å². The molecule has 2 fully saturated rings. The van der Waals surface area contributed by atoms with Crippen LogP contribution in [-0.4, -0.2) is 36.7 Å². The second kappa shape index (κ2) is 6.74. The number of nitrogens with one attached hydrogen (secondary N) is 1. The van der Waals surface area contributed by atoms with Gasteiger partial charge in [0.05, 0.1) is 6.54 Å². The third-order valence-corrected chi connectivity index (χ3v) is 3.69. The second-order valence-corrected chi connectivity index (χ2v) is 5.19. The van der Waals surface area contributed by atoms with E-state index in [9.17, 15) is 4.79 Å². The number of nitrogens with zero attached hydrogens (tertiary/aromatic N) is 2. The van der Waals surface area contributed by atoms with Gasteiger partial charge in [0.25, 0.3) is 5.91 Å². The zero-order valence-electron chi connectivity index (χ0n) is 10.5. The fraction of sp³-hybridized carbons (Fsp3) is 0.846. The van der Waals surface area contributed by atoms with E-state index in [1.54, 1.807) is 0 Å². The van der Waals surface area contributed by atoms with Crippen LogP contribution < -0.4 is 5.43 Å². The molecule has 1 aliphatic carbocycles. The zero-order chi connectivity index (χ0) is 11.9. The molecule has 2 rings (SSSR count). The van der Waals surface area contributed by atoms with Gasteiger partial charge in [-0.2, -0.15) is 5.10 Å². The van der Waals surface area contributed by atoms with E-state index in [1.165, 1.54) is 44.9 Å². The number of amides is 1. The number of hydrazone groups is 1. The van der Waals surface area contributed by atoms with Gasteiger partial charge in [-0.25, -0.2) is 5.43 Å². The highest BCUT2D eigenvalue weighted by atomic mass is 16.2. The molecule has 1 heterocycles. The summed E-state index contributed by atoms with van der Waals surface area (Å²) in [7, 11) is 0. The molecule has 1 saturated carbocycles. The number of carbonyl (C=O) groups is 1. The Balaban J connectivity index is 1.62. The maximum absolute atomic E-state index is 11.6. The summed E-state index contributed by atoms with van der Waals surface area (Å²) >= 11 is 0. The van der Waals surface area contributed by atoms with Crippen molar-refractivity contribution in [3.63, 3.8) is 0 Å². The number of rotatable bonds is 4. The quantitative estimate of drug-likeness (QED) is 0.598. The van der Waals surface area contributed by atoms with Crippen molar-refractivity contribution < 1.29 is 4.79 Å². The largest absolute Gasteiger partial charge is 0.294 e. The van der Waals surface area contributed by atoms with Crippen molar-refractivity contribution in [3.8, 4) is 0 Å². The highest BCUT2D eigenvalue weighted by Crippen LogP contribution is 2.21. The van der Waals surface area contributed by atoms with E-state index < -0.39 is 0 Å². The van der Waals surface area contributed by atoms with E-state index in [1.807, 2.05) is 6.21 Å². The van der Waals surface area contributed by atoms with Crippen LogP contribution in [0.1, 0.15) is 44.9 Å². The van der Waals surface area contributed by atoms with Crippen LogP contribution >= 0.6 is 0 Å². The fourth-order valence-electron chi connectivity index (χ4n) is 2.68. The molecule has 96 valence electrons. The SMILES string of the molecule is O=C(CN1CCCC1)N/N=C\C1CCCCC1. The number of carbonyl (C=O) groups excluding carboxylic acids is 1. The van der Waals surface area contributed by atoms with Crippen LogP contribution in [0.15, 0.2) is 5.10 Å². The first-order valence-corrected chi connectivity index (χ1v) is 6.89. The van der Waals surface area contributed by atoms with Crippen molar-refractivity contribution in [3.05, 3.63) is 0 Å². The van der Waals surface area contributed by atoms with E-state index in [-0.39, 0.29) is 5.91 Å². The summed E-state index contributed by atoms with van der Waals surface area (Å²) in [5.41, 5.74) is 2.65. The maximum Gasteiger partial charge on any atom is 0.254 e. The minimum absolute atomic E-state index is 0.0268. The van der Waals surface area contributed by atoms with Gasteiger partial charge < -0.3 is 0 Å². The highest BCUT2D eigenvalue weighted by Gasteiger charge is 2.15. The molecule has 1 saturated heterocycles. The fourth-order valence-corrected chi connectivity index (χ4v) is 2.68. The van der Waals surface area contributed by atoms with Crippen molar-refractivity contribution in [2.75, 3.05) is 19.6 Å². The van der Waals surface area contributed by atoms with Crippen LogP contribution in [0, 0.1) is 5.92 Å². The van der Waals surface area contributed by atoms with E-state index in [0.717, 1.165) is 13.1 Å². The molecule has 1 N–H and O–H groups in total. The van der Waals surface area contributed by atoms with Gasteiger partial charge in [0.1, 0.15) is 0 Å². The average molecular weight is 237 g/mol. The van der Waals surface area contributed by atoms with Crippen molar-refractivity contribution in [2.24, 2.45) is 11.0 Å². The summed E-state index contributed by atoms with van der Waals surface area (Å²) in [5, 5.41) is 4.09. The first kappa shape index (κ1) is 12.6. The summed E-state index contributed by atoms with van der Waals surface area (Å²) in [4.78, 5) is 13.8. The Morgan fingerprint density at radius 2 is 1.88 bits per heavy atom. The first-order valence-electron chi connectivity index (χ1n) is 6.89. The smallest absolute Gasteiger partial charge is 0.254 e. The second-order valence-electron chi connectivity index (χ2n) is 5.19. The summed E-state index contributed by atoms with van der Waals surface area (Å²) in [6, 6.07) is 0. The van der Waals surface area contributed by atoms with Crippen molar-refractivity contribution >= 4 is 12.1 Å². The molecule has 1 aliphatic heterocycles. The topological polar surface area (TPSA) is 44.7 Å². The van der Waals surface area contributed by atoms with E-state index in [0.29, 0.717) is 12.5 Å². The first-order chi connectivity index (χ1) is 8.34.